The van der Waals surface area contributed by atoms with E-state index in [9.17, 15) is 0 Å². The molecule has 0 aliphatic rings. The van der Waals surface area contributed by atoms with Gasteiger partial charge < -0.3 is 0 Å². The maximum atomic E-state index is 2.32. The first-order valence-electron chi connectivity index (χ1n) is 7.12. The minimum atomic E-state index is 1.03. The molecular weight excluding hydrogens is 240 g/mol. The zero-order valence-corrected chi connectivity index (χ0v) is 11.7. The van der Waals surface area contributed by atoms with Crippen molar-refractivity contribution in [2.24, 2.45) is 0 Å². The van der Waals surface area contributed by atoms with Crippen molar-refractivity contribution in [3.8, 4) is 0 Å². The molecule has 0 aliphatic heterocycles. The fourth-order valence-corrected chi connectivity index (χ4v) is 2.61. The van der Waals surface area contributed by atoms with Crippen LogP contribution in [0.5, 0.6) is 0 Å². The number of hydrogen-bond donors (Lipinski definition) is 0. The molecule has 0 aliphatic carbocycles. The minimum Gasteiger partial charge on any atom is -0.0622 e. The Bertz CT molecular complexity index is 731. The summed E-state index contributed by atoms with van der Waals surface area (Å²) in [5, 5.41) is 2.61. The van der Waals surface area contributed by atoms with Gasteiger partial charge >= 0.3 is 0 Å². The van der Waals surface area contributed by atoms with Crippen LogP contribution in [0.3, 0.4) is 0 Å². The van der Waals surface area contributed by atoms with Gasteiger partial charge in [-0.3, -0.25) is 0 Å². The lowest BCUT2D eigenvalue weighted by molar-refractivity contribution is 1.25. The number of allylic oxidation sites excluding steroid dienone is 1. The molecule has 0 radical (unpaired) electrons. The molecule has 0 saturated heterocycles. The second-order valence-electron chi connectivity index (χ2n) is 4.96. The van der Waals surface area contributed by atoms with E-state index in [1.165, 1.54) is 27.5 Å². The molecule has 0 fully saturated rings. The Morgan fingerprint density at radius 1 is 0.800 bits per heavy atom. The average Bonchev–Trinajstić information content (AvgIpc) is 2.53. The number of rotatable bonds is 3. The third-order valence-corrected chi connectivity index (χ3v) is 3.68. The van der Waals surface area contributed by atoms with Crippen LogP contribution < -0.4 is 0 Å². The summed E-state index contributed by atoms with van der Waals surface area (Å²) in [7, 11) is 0. The van der Waals surface area contributed by atoms with Gasteiger partial charge in [-0.1, -0.05) is 85.8 Å². The van der Waals surface area contributed by atoms with E-state index in [0.717, 1.165) is 6.42 Å². The van der Waals surface area contributed by atoms with E-state index in [1.54, 1.807) is 0 Å². The Morgan fingerprint density at radius 3 is 2.30 bits per heavy atom. The number of benzene rings is 3. The normalized spacial score (nSPS) is 11.8. The molecule has 0 aromatic heterocycles. The van der Waals surface area contributed by atoms with Crippen LogP contribution in [-0.2, 0) is 0 Å². The van der Waals surface area contributed by atoms with Crippen LogP contribution in [0.1, 0.15) is 24.5 Å². The van der Waals surface area contributed by atoms with Crippen LogP contribution in [0.2, 0.25) is 0 Å². The molecule has 20 heavy (non-hydrogen) atoms. The van der Waals surface area contributed by atoms with Crippen molar-refractivity contribution in [3.63, 3.8) is 0 Å². The van der Waals surface area contributed by atoms with E-state index in [2.05, 4.69) is 85.8 Å². The summed E-state index contributed by atoms with van der Waals surface area (Å²) in [6, 6.07) is 25.7. The zero-order chi connectivity index (χ0) is 13.8. The molecule has 0 nitrogen and oxygen atoms in total. The van der Waals surface area contributed by atoms with Crippen molar-refractivity contribution in [3.05, 3.63) is 83.9 Å². The number of fused-ring (bicyclic) bond motifs is 1. The van der Waals surface area contributed by atoms with Gasteiger partial charge in [0.1, 0.15) is 0 Å². The van der Waals surface area contributed by atoms with Crippen LogP contribution in [0.4, 0.5) is 0 Å². The van der Waals surface area contributed by atoms with E-state index >= 15 is 0 Å². The summed E-state index contributed by atoms with van der Waals surface area (Å²) in [6.45, 7) is 2.21. The van der Waals surface area contributed by atoms with E-state index in [-0.39, 0.29) is 0 Å². The van der Waals surface area contributed by atoms with E-state index in [1.807, 2.05) is 0 Å². The van der Waals surface area contributed by atoms with Crippen molar-refractivity contribution in [1.82, 2.24) is 0 Å². The summed E-state index contributed by atoms with van der Waals surface area (Å²) in [5.74, 6) is 0. The molecule has 0 saturated carbocycles. The van der Waals surface area contributed by atoms with Gasteiger partial charge in [-0.05, 0) is 33.9 Å². The van der Waals surface area contributed by atoms with Gasteiger partial charge in [0, 0.05) is 0 Å². The first-order chi connectivity index (χ1) is 9.88. The summed E-state index contributed by atoms with van der Waals surface area (Å²) < 4.78 is 0. The van der Waals surface area contributed by atoms with Gasteiger partial charge in [-0.2, -0.15) is 0 Å². The van der Waals surface area contributed by atoms with E-state index in [0.29, 0.717) is 0 Å². The van der Waals surface area contributed by atoms with Gasteiger partial charge in [0.25, 0.3) is 0 Å². The topological polar surface area (TPSA) is 0 Å². The molecule has 0 heteroatoms. The predicted molar refractivity (Wildman–Crippen MR) is 88.6 cm³/mol. The van der Waals surface area contributed by atoms with Crippen molar-refractivity contribution >= 4 is 22.4 Å². The van der Waals surface area contributed by atoms with Crippen LogP contribution >= 0.6 is 0 Å². The van der Waals surface area contributed by atoms with Gasteiger partial charge in [0.2, 0.25) is 0 Å². The first kappa shape index (κ1) is 12.7. The monoisotopic (exact) mass is 258 g/mol. The third kappa shape index (κ3) is 2.50. The summed E-state index contributed by atoms with van der Waals surface area (Å²) in [4.78, 5) is 0. The minimum absolute atomic E-state index is 1.03. The number of hydrogen-bond acceptors (Lipinski definition) is 0. The van der Waals surface area contributed by atoms with Gasteiger partial charge in [-0.25, -0.2) is 0 Å². The van der Waals surface area contributed by atoms with Crippen LogP contribution in [0.25, 0.3) is 22.4 Å². The molecule has 3 aromatic carbocycles. The highest BCUT2D eigenvalue weighted by molar-refractivity contribution is 5.95. The van der Waals surface area contributed by atoms with Crippen molar-refractivity contribution in [1.29, 1.82) is 0 Å². The molecule has 0 spiro atoms. The standard InChI is InChI=1S/C20H18/c1-2-16(17-9-4-3-5-10-17)15-19-13-8-12-18-11-6-7-14-20(18)19/h3-15H,2H2,1H3/b16-15+. The Kier molecular flexibility index (Phi) is 3.64. The molecule has 0 atom stereocenters. The SMILES string of the molecule is CC/C(=C\c1cccc2ccccc12)c1ccccc1. The summed E-state index contributed by atoms with van der Waals surface area (Å²) in [5.41, 5.74) is 3.98. The van der Waals surface area contributed by atoms with Gasteiger partial charge in [-0.15, -0.1) is 0 Å². The Hall–Kier alpha value is -2.34. The van der Waals surface area contributed by atoms with Crippen LogP contribution in [-0.4, -0.2) is 0 Å². The summed E-state index contributed by atoms with van der Waals surface area (Å²) >= 11 is 0. The van der Waals surface area contributed by atoms with Gasteiger partial charge in [0.05, 0.1) is 0 Å². The molecular formula is C20H18. The highest BCUT2D eigenvalue weighted by Gasteiger charge is 2.01. The highest BCUT2D eigenvalue weighted by Crippen LogP contribution is 2.25. The second-order valence-corrected chi connectivity index (χ2v) is 4.96. The summed E-state index contributed by atoms with van der Waals surface area (Å²) in [6.07, 6.45) is 3.35. The smallest absolute Gasteiger partial charge is 0.0111 e. The Labute approximate surface area is 120 Å². The Morgan fingerprint density at radius 2 is 1.50 bits per heavy atom. The maximum Gasteiger partial charge on any atom is -0.0111 e. The molecule has 0 amide bonds. The zero-order valence-electron chi connectivity index (χ0n) is 11.7. The lowest BCUT2D eigenvalue weighted by Crippen LogP contribution is -1.84. The van der Waals surface area contributed by atoms with E-state index in [4.69, 9.17) is 0 Å². The maximum absolute atomic E-state index is 2.32. The molecule has 98 valence electrons. The fraction of sp³-hybridized carbons (Fsp3) is 0.100. The molecule has 0 bridgehead atoms. The van der Waals surface area contributed by atoms with Crippen molar-refractivity contribution in [2.45, 2.75) is 13.3 Å². The molecule has 3 rings (SSSR count). The second kappa shape index (κ2) is 5.75. The largest absolute Gasteiger partial charge is 0.0622 e. The van der Waals surface area contributed by atoms with Crippen LogP contribution in [0.15, 0.2) is 72.8 Å². The van der Waals surface area contributed by atoms with Gasteiger partial charge in [0.15, 0.2) is 0 Å². The van der Waals surface area contributed by atoms with Crippen molar-refractivity contribution in [2.75, 3.05) is 0 Å². The lowest BCUT2D eigenvalue weighted by Gasteiger charge is -2.07. The average molecular weight is 258 g/mol. The van der Waals surface area contributed by atoms with Crippen molar-refractivity contribution < 1.29 is 0 Å². The molecule has 0 unspecified atom stereocenters. The quantitative estimate of drug-likeness (QED) is 0.521. The molecule has 0 N–H and O–H groups in total. The molecule has 3 aromatic rings. The lowest BCUT2D eigenvalue weighted by atomic mass is 9.97. The van der Waals surface area contributed by atoms with E-state index < -0.39 is 0 Å². The Balaban J connectivity index is 2.13. The fourth-order valence-electron chi connectivity index (χ4n) is 2.61. The molecule has 0 heterocycles. The highest BCUT2D eigenvalue weighted by atomic mass is 14.1. The third-order valence-electron chi connectivity index (χ3n) is 3.68. The van der Waals surface area contributed by atoms with Crippen LogP contribution in [0, 0.1) is 0 Å². The predicted octanol–water partition coefficient (Wildman–Crippen LogP) is 5.79. The first-order valence-corrected chi connectivity index (χ1v) is 7.12.